The predicted molar refractivity (Wildman–Crippen MR) is 186 cm³/mol. The van der Waals surface area contributed by atoms with E-state index in [0.29, 0.717) is 22.4 Å². The zero-order valence-corrected chi connectivity index (χ0v) is 26.4. The number of carbonyl (C=O) groups is 2. The maximum Gasteiger partial charge on any atom is 0.339 e. The van der Waals surface area contributed by atoms with Gasteiger partial charge < -0.3 is 5.11 Å². The third-order valence-corrected chi connectivity index (χ3v) is 8.35. The van der Waals surface area contributed by atoms with Crippen molar-refractivity contribution < 1.29 is 27.7 Å². The Morgan fingerprint density at radius 2 is 1.28 bits per heavy atom. The summed E-state index contributed by atoms with van der Waals surface area (Å²) in [4.78, 5) is 48.2. The van der Waals surface area contributed by atoms with E-state index in [0.717, 1.165) is 23.3 Å². The van der Waals surface area contributed by atoms with Crippen LogP contribution in [0.1, 0.15) is 0 Å². The Kier molecular flexibility index (Phi) is 9.07. The summed E-state index contributed by atoms with van der Waals surface area (Å²) in [7, 11) is -4.50. The number of fused-ring (bicyclic) bond motifs is 1. The number of carbonyl (C=O) groups excluding carboxylic acids is 1. The van der Waals surface area contributed by atoms with Crippen molar-refractivity contribution in [1.82, 2.24) is 0 Å². The molecule has 1 aliphatic carbocycles. The van der Waals surface area contributed by atoms with Crippen molar-refractivity contribution in [3.8, 4) is 11.1 Å². The summed E-state index contributed by atoms with van der Waals surface area (Å²) in [5.74, 6) is -1.92. The largest absolute Gasteiger partial charge is 0.478 e. The van der Waals surface area contributed by atoms with Crippen LogP contribution < -0.4 is 37.8 Å². The van der Waals surface area contributed by atoms with Crippen LogP contribution in [0.5, 0.6) is 0 Å². The number of hydrogen-bond donors (Lipinski definition) is 5. The van der Waals surface area contributed by atoms with Gasteiger partial charge in [-0.05, 0) is 77.9 Å². The number of aliphatic carboxylic acids is 1. The summed E-state index contributed by atoms with van der Waals surface area (Å²) < 4.78 is 33.2. The fraction of sp³-hybridized carbons (Fsp3) is 0. The molecule has 5 aromatic rings. The van der Waals surface area contributed by atoms with Gasteiger partial charge in [0, 0.05) is 10.8 Å². The first-order valence-corrected chi connectivity index (χ1v) is 16.1. The highest BCUT2D eigenvalue weighted by molar-refractivity contribution is 7.86. The maximum absolute atomic E-state index is 13.1. The second-order valence-electron chi connectivity index (χ2n) is 10.7. The van der Waals surface area contributed by atoms with Gasteiger partial charge in [0.25, 0.3) is 10.1 Å². The molecule has 1 aliphatic rings. The van der Waals surface area contributed by atoms with E-state index in [2.05, 4.69) is 31.6 Å². The summed E-state index contributed by atoms with van der Waals surface area (Å²) >= 11 is 0. The molecule has 0 unspecified atom stereocenters. The van der Waals surface area contributed by atoms with Gasteiger partial charge in [-0.1, -0.05) is 48.5 Å². The second-order valence-corrected chi connectivity index (χ2v) is 12.1. The Hall–Kier alpha value is -6.84. The highest BCUT2D eigenvalue weighted by Gasteiger charge is 2.19. The lowest BCUT2D eigenvalue weighted by Gasteiger charge is -2.08. The molecule has 6 rings (SSSR count). The number of hydrazone groups is 1. The Bertz CT molecular complexity index is 2620. The van der Waals surface area contributed by atoms with Gasteiger partial charge in [-0.3, -0.25) is 35.2 Å². The van der Waals surface area contributed by atoms with Crippen LogP contribution in [0.15, 0.2) is 151 Å². The number of hydrogen-bond acceptors (Lipinski definition) is 12. The predicted octanol–water partition coefficient (Wildman–Crippen LogP) is 3.12. The van der Waals surface area contributed by atoms with Gasteiger partial charge in [0.15, 0.2) is 11.1 Å². The molecule has 14 nitrogen and oxygen atoms in total. The molecule has 5 N–H and O–H groups in total. The van der Waals surface area contributed by atoms with Crippen molar-refractivity contribution in [3.05, 3.63) is 152 Å². The van der Waals surface area contributed by atoms with Gasteiger partial charge in [-0.15, -0.1) is 0 Å². The summed E-state index contributed by atoms with van der Waals surface area (Å²) in [6.45, 7) is 0. The number of carboxylic acid groups (broad SMARTS) is 1. The highest BCUT2D eigenvalue weighted by Crippen LogP contribution is 2.29. The average Bonchev–Trinajstić information content (AvgIpc) is 3.10. The maximum atomic E-state index is 13.1. The van der Waals surface area contributed by atoms with E-state index >= 15 is 0 Å². The van der Waals surface area contributed by atoms with Gasteiger partial charge in [-0.2, -0.15) is 23.7 Å². The van der Waals surface area contributed by atoms with E-state index < -0.39 is 38.1 Å². The molecule has 50 heavy (non-hydrogen) atoms. The molecule has 5 aromatic carbocycles. The topological polar surface area (TPSA) is 216 Å². The molecule has 15 heteroatoms. The zero-order chi connectivity index (χ0) is 35.4. The Morgan fingerprint density at radius 3 is 1.90 bits per heavy atom. The quantitative estimate of drug-likeness (QED) is 0.0656. The van der Waals surface area contributed by atoms with Crippen molar-refractivity contribution >= 4 is 55.4 Å². The summed E-state index contributed by atoms with van der Waals surface area (Å²) in [5, 5.41) is 21.5. The fourth-order valence-electron chi connectivity index (χ4n) is 4.93. The first kappa shape index (κ1) is 33.1. The lowest BCUT2D eigenvalue weighted by Crippen LogP contribution is -2.47. The van der Waals surface area contributed by atoms with Crippen LogP contribution in [-0.4, -0.2) is 35.5 Å². The third-order valence-electron chi connectivity index (χ3n) is 7.44. The molecule has 0 aromatic heterocycles. The molecule has 0 bridgehead atoms. The molecule has 0 heterocycles. The molecule has 0 fully saturated rings. The normalized spacial score (nSPS) is 14.5. The number of rotatable bonds is 9. The lowest BCUT2D eigenvalue weighted by molar-refractivity contribution is -0.134. The molecule has 0 atom stereocenters. The summed E-state index contributed by atoms with van der Waals surface area (Å²) in [6, 6.07) is 25.8. The molecule has 0 saturated carbocycles. The van der Waals surface area contributed by atoms with Gasteiger partial charge >= 0.3 is 5.97 Å². The van der Waals surface area contributed by atoms with Gasteiger partial charge in [0.05, 0.1) is 22.8 Å². The van der Waals surface area contributed by atoms with Crippen LogP contribution >= 0.6 is 0 Å². The first-order valence-electron chi connectivity index (χ1n) is 14.6. The molecule has 248 valence electrons. The molecule has 0 saturated heterocycles. The lowest BCUT2D eigenvalue weighted by atomic mass is 10.0. The summed E-state index contributed by atoms with van der Waals surface area (Å²) in [5.41, 5.74) is 10.1. The molecule has 0 radical (unpaired) electrons. The Morgan fingerprint density at radius 1 is 0.660 bits per heavy atom. The highest BCUT2D eigenvalue weighted by atomic mass is 32.2. The number of nitrogens with zero attached hydrogens (tertiary/aromatic N) is 3. The van der Waals surface area contributed by atoms with Gasteiger partial charge in [0.2, 0.25) is 10.9 Å². The summed E-state index contributed by atoms with van der Waals surface area (Å²) in [6.07, 6.45) is 3.76. The van der Waals surface area contributed by atoms with Crippen LogP contribution in [0.25, 0.3) is 21.9 Å². The number of allylic oxidation sites excluding steroid dienone is 3. The molecule has 0 aliphatic heterocycles. The smallest absolute Gasteiger partial charge is 0.339 e. The van der Waals surface area contributed by atoms with Crippen LogP contribution in [0.2, 0.25) is 0 Å². The number of benzene rings is 5. The number of anilines is 3. The van der Waals surface area contributed by atoms with Crippen molar-refractivity contribution in [2.45, 2.75) is 4.90 Å². The standard InChI is InChI=1S/C35H24N6O8S/c42-30-16-13-24(19-27(30)35(45)46)38-36-22-9-5-20(6-10-22)21-7-11-23(12-8-21)37-40-29-14-17-31(43)33(34(29)44)41-39-28-15-18-32(50(47,48)49)26-4-2-1-3-25(26)28/h1-19,36-37,39H,(H,45,46)(H,47,48,49). The van der Waals surface area contributed by atoms with E-state index in [4.69, 9.17) is 5.11 Å². The second kappa shape index (κ2) is 13.7. The fourth-order valence-corrected chi connectivity index (χ4v) is 5.63. The minimum absolute atomic E-state index is 0.0718. The number of ketones is 1. The minimum atomic E-state index is -4.50. The van der Waals surface area contributed by atoms with Crippen LogP contribution in [0, 0.1) is 0 Å². The number of nitrogens with one attached hydrogen (secondary N) is 3. The van der Waals surface area contributed by atoms with Crippen molar-refractivity contribution in [2.75, 3.05) is 16.3 Å². The van der Waals surface area contributed by atoms with Crippen LogP contribution in [0.4, 0.5) is 17.1 Å². The van der Waals surface area contributed by atoms with Crippen LogP contribution in [-0.2, 0) is 19.7 Å². The van der Waals surface area contributed by atoms with Crippen molar-refractivity contribution in [2.24, 2.45) is 15.3 Å². The number of carboxylic acids is 1. The monoisotopic (exact) mass is 688 g/mol. The van der Waals surface area contributed by atoms with Crippen molar-refractivity contribution in [3.63, 3.8) is 0 Å². The van der Waals surface area contributed by atoms with E-state index in [1.54, 1.807) is 42.5 Å². The molecular formula is C35H24N6O8S. The Balaban J connectivity index is 1.16. The molecule has 0 amide bonds. The zero-order valence-electron chi connectivity index (χ0n) is 25.6. The van der Waals surface area contributed by atoms with E-state index in [-0.39, 0.29) is 26.9 Å². The average molecular weight is 689 g/mol. The van der Waals surface area contributed by atoms with E-state index in [9.17, 15) is 32.1 Å². The van der Waals surface area contributed by atoms with E-state index in [1.165, 1.54) is 36.4 Å². The van der Waals surface area contributed by atoms with Gasteiger partial charge in [-0.25, -0.2) is 4.79 Å². The van der Waals surface area contributed by atoms with Crippen molar-refractivity contribution in [1.29, 1.82) is 0 Å². The minimum Gasteiger partial charge on any atom is -0.478 e. The molecular weight excluding hydrogens is 664 g/mol. The Labute approximate surface area is 282 Å². The van der Waals surface area contributed by atoms with E-state index in [1.807, 2.05) is 24.3 Å². The van der Waals surface area contributed by atoms with Crippen LogP contribution in [0.3, 0.4) is 0 Å². The SMILES string of the molecule is O=C(O)C1=CC(=NNc2ccc(-c3ccc(NN=c4ccc(=O)c(=NNc5ccc(S(=O)(=O)O)c6ccccc56)c4=O)cc3)cc2)C=CC1=O. The third kappa shape index (κ3) is 7.18. The first-order chi connectivity index (χ1) is 24.0. The molecule has 0 spiro atoms. The van der Waals surface area contributed by atoms with Gasteiger partial charge in [0.1, 0.15) is 15.8 Å².